The molecular formula is C20H24N2O3. The molecular weight excluding hydrogens is 316 g/mol. The molecule has 0 atom stereocenters. The van der Waals surface area contributed by atoms with Gasteiger partial charge in [-0.15, -0.1) is 0 Å². The zero-order valence-corrected chi connectivity index (χ0v) is 15.1. The van der Waals surface area contributed by atoms with E-state index >= 15 is 0 Å². The standard InChI is InChI=1S/C20H24N2O3/c1-13(2)19-10-9-18(11-14(19)3)25-12-20(24)22-17-7-5-16(6-8-17)21-15(4)23/h5-11,13H,12H2,1-4H3,(H,21,23)(H,22,24). The Hall–Kier alpha value is -2.82. The van der Waals surface area contributed by atoms with E-state index in [9.17, 15) is 9.59 Å². The molecule has 0 aromatic heterocycles. The molecule has 0 radical (unpaired) electrons. The summed E-state index contributed by atoms with van der Waals surface area (Å²) in [7, 11) is 0. The molecule has 0 unspecified atom stereocenters. The van der Waals surface area contributed by atoms with E-state index < -0.39 is 0 Å². The van der Waals surface area contributed by atoms with Crippen LogP contribution in [0.4, 0.5) is 11.4 Å². The zero-order chi connectivity index (χ0) is 18.4. The molecule has 0 aliphatic rings. The van der Waals surface area contributed by atoms with Crippen molar-refractivity contribution in [1.29, 1.82) is 0 Å². The van der Waals surface area contributed by atoms with Crippen LogP contribution in [0.3, 0.4) is 0 Å². The highest BCUT2D eigenvalue weighted by atomic mass is 16.5. The number of carbonyl (C=O) groups is 2. The number of benzene rings is 2. The predicted octanol–water partition coefficient (Wildman–Crippen LogP) is 4.09. The van der Waals surface area contributed by atoms with Gasteiger partial charge in [0, 0.05) is 18.3 Å². The second-order valence-corrected chi connectivity index (χ2v) is 6.27. The first kappa shape index (κ1) is 18.5. The van der Waals surface area contributed by atoms with Gasteiger partial charge in [0.2, 0.25) is 5.91 Å². The molecule has 5 nitrogen and oxygen atoms in total. The lowest BCUT2D eigenvalue weighted by molar-refractivity contribution is -0.118. The highest BCUT2D eigenvalue weighted by Crippen LogP contribution is 2.23. The summed E-state index contributed by atoms with van der Waals surface area (Å²) in [5.41, 5.74) is 3.76. The van der Waals surface area contributed by atoms with Crippen molar-refractivity contribution in [2.75, 3.05) is 17.2 Å². The SMILES string of the molecule is CC(=O)Nc1ccc(NC(=O)COc2ccc(C(C)C)c(C)c2)cc1. The van der Waals surface area contributed by atoms with Gasteiger partial charge < -0.3 is 15.4 Å². The van der Waals surface area contributed by atoms with E-state index in [4.69, 9.17) is 4.74 Å². The summed E-state index contributed by atoms with van der Waals surface area (Å²) < 4.78 is 5.56. The first-order valence-electron chi connectivity index (χ1n) is 8.26. The van der Waals surface area contributed by atoms with E-state index in [1.165, 1.54) is 12.5 Å². The minimum Gasteiger partial charge on any atom is -0.484 e. The maximum atomic E-state index is 12.0. The summed E-state index contributed by atoms with van der Waals surface area (Å²) in [6, 6.07) is 12.8. The lowest BCUT2D eigenvalue weighted by atomic mass is 9.98. The first-order valence-corrected chi connectivity index (χ1v) is 8.26. The number of nitrogens with one attached hydrogen (secondary N) is 2. The molecule has 0 saturated heterocycles. The second kappa shape index (κ2) is 8.33. The third kappa shape index (κ3) is 5.64. The van der Waals surface area contributed by atoms with Crippen LogP contribution in [-0.4, -0.2) is 18.4 Å². The van der Waals surface area contributed by atoms with Crippen molar-refractivity contribution in [1.82, 2.24) is 0 Å². The van der Waals surface area contributed by atoms with Crippen molar-refractivity contribution in [3.8, 4) is 5.75 Å². The van der Waals surface area contributed by atoms with Gasteiger partial charge in [0.1, 0.15) is 5.75 Å². The van der Waals surface area contributed by atoms with Crippen molar-refractivity contribution >= 4 is 23.2 Å². The Morgan fingerprint density at radius 2 is 1.60 bits per heavy atom. The number of hydrogen-bond donors (Lipinski definition) is 2. The molecule has 0 fully saturated rings. The number of anilines is 2. The summed E-state index contributed by atoms with van der Waals surface area (Å²) in [5, 5.41) is 5.43. The number of hydrogen-bond acceptors (Lipinski definition) is 3. The van der Waals surface area contributed by atoms with Crippen LogP contribution >= 0.6 is 0 Å². The normalized spacial score (nSPS) is 10.4. The smallest absolute Gasteiger partial charge is 0.262 e. The third-order valence-corrected chi connectivity index (χ3v) is 3.72. The highest BCUT2D eigenvalue weighted by Gasteiger charge is 2.07. The van der Waals surface area contributed by atoms with E-state index in [0.717, 1.165) is 5.56 Å². The van der Waals surface area contributed by atoms with E-state index in [2.05, 4.69) is 24.5 Å². The zero-order valence-electron chi connectivity index (χ0n) is 15.1. The fraction of sp³-hybridized carbons (Fsp3) is 0.300. The van der Waals surface area contributed by atoms with Gasteiger partial charge in [-0.2, -0.15) is 0 Å². The molecule has 2 N–H and O–H groups in total. The van der Waals surface area contributed by atoms with Crippen LogP contribution in [0, 0.1) is 6.92 Å². The Bertz CT molecular complexity index is 752. The van der Waals surface area contributed by atoms with E-state index in [-0.39, 0.29) is 18.4 Å². The molecule has 132 valence electrons. The number of carbonyl (C=O) groups excluding carboxylic acids is 2. The average Bonchev–Trinajstić information content (AvgIpc) is 2.54. The lowest BCUT2D eigenvalue weighted by Crippen LogP contribution is -2.20. The predicted molar refractivity (Wildman–Crippen MR) is 100 cm³/mol. The van der Waals surface area contributed by atoms with E-state index in [0.29, 0.717) is 23.0 Å². The van der Waals surface area contributed by atoms with Crippen LogP contribution in [0.15, 0.2) is 42.5 Å². The molecule has 0 heterocycles. The van der Waals surface area contributed by atoms with Crippen LogP contribution in [0.25, 0.3) is 0 Å². The van der Waals surface area contributed by atoms with Crippen molar-refractivity contribution in [2.45, 2.75) is 33.6 Å². The minimum absolute atomic E-state index is 0.0616. The largest absolute Gasteiger partial charge is 0.484 e. The third-order valence-electron chi connectivity index (χ3n) is 3.72. The maximum absolute atomic E-state index is 12.0. The Labute approximate surface area is 148 Å². The number of aryl methyl sites for hydroxylation is 1. The van der Waals surface area contributed by atoms with Gasteiger partial charge in [-0.25, -0.2) is 0 Å². The molecule has 25 heavy (non-hydrogen) atoms. The summed E-state index contributed by atoms with van der Waals surface area (Å²) in [4.78, 5) is 23.0. The van der Waals surface area contributed by atoms with Crippen molar-refractivity contribution in [3.05, 3.63) is 53.6 Å². The van der Waals surface area contributed by atoms with Crippen LogP contribution in [0.2, 0.25) is 0 Å². The van der Waals surface area contributed by atoms with Gasteiger partial charge in [0.25, 0.3) is 5.91 Å². The van der Waals surface area contributed by atoms with Crippen molar-refractivity contribution < 1.29 is 14.3 Å². The Kier molecular flexibility index (Phi) is 6.17. The van der Waals surface area contributed by atoms with Crippen molar-refractivity contribution in [2.24, 2.45) is 0 Å². The quantitative estimate of drug-likeness (QED) is 0.832. The minimum atomic E-state index is -0.238. The van der Waals surface area contributed by atoms with Crippen LogP contribution in [-0.2, 0) is 9.59 Å². The molecule has 2 aromatic rings. The maximum Gasteiger partial charge on any atom is 0.262 e. The molecule has 5 heteroatoms. The van der Waals surface area contributed by atoms with Gasteiger partial charge in [-0.3, -0.25) is 9.59 Å². The van der Waals surface area contributed by atoms with Crippen molar-refractivity contribution in [3.63, 3.8) is 0 Å². The van der Waals surface area contributed by atoms with Crippen LogP contribution in [0.1, 0.15) is 37.8 Å². The van der Waals surface area contributed by atoms with Gasteiger partial charge in [0.05, 0.1) is 0 Å². The van der Waals surface area contributed by atoms with Gasteiger partial charge in [-0.1, -0.05) is 19.9 Å². The molecule has 2 rings (SSSR count). The molecule has 0 spiro atoms. The lowest BCUT2D eigenvalue weighted by Gasteiger charge is -2.12. The number of amides is 2. The Morgan fingerprint density at radius 3 is 2.12 bits per heavy atom. The fourth-order valence-electron chi connectivity index (χ4n) is 2.57. The average molecular weight is 340 g/mol. The monoisotopic (exact) mass is 340 g/mol. The summed E-state index contributed by atoms with van der Waals surface area (Å²) in [5.74, 6) is 0.762. The number of ether oxygens (including phenoxy) is 1. The topological polar surface area (TPSA) is 67.4 Å². The molecule has 0 bridgehead atoms. The number of rotatable bonds is 6. The van der Waals surface area contributed by atoms with Crippen LogP contribution in [0.5, 0.6) is 5.75 Å². The molecule has 0 aliphatic carbocycles. The molecule has 0 aliphatic heterocycles. The van der Waals surface area contributed by atoms with Gasteiger partial charge >= 0.3 is 0 Å². The molecule has 2 aromatic carbocycles. The molecule has 0 saturated carbocycles. The first-order chi connectivity index (χ1) is 11.8. The summed E-state index contributed by atoms with van der Waals surface area (Å²) in [6.07, 6.45) is 0. The fourth-order valence-corrected chi connectivity index (χ4v) is 2.57. The Morgan fingerprint density at radius 1 is 1.00 bits per heavy atom. The van der Waals surface area contributed by atoms with Gasteiger partial charge in [-0.05, 0) is 60.4 Å². The van der Waals surface area contributed by atoms with Crippen LogP contribution < -0.4 is 15.4 Å². The van der Waals surface area contributed by atoms with E-state index in [1.54, 1.807) is 24.3 Å². The van der Waals surface area contributed by atoms with Gasteiger partial charge in [0.15, 0.2) is 6.61 Å². The second-order valence-electron chi connectivity index (χ2n) is 6.27. The highest BCUT2D eigenvalue weighted by molar-refractivity contribution is 5.93. The van der Waals surface area contributed by atoms with E-state index in [1.807, 2.05) is 25.1 Å². The summed E-state index contributed by atoms with van der Waals surface area (Å²) in [6.45, 7) is 7.72. The Balaban J connectivity index is 1.88. The molecule has 2 amide bonds. The summed E-state index contributed by atoms with van der Waals surface area (Å²) >= 11 is 0.